The summed E-state index contributed by atoms with van der Waals surface area (Å²) < 4.78 is 4.81. The normalized spacial score (nSPS) is 10.6. The molecule has 30 heavy (non-hydrogen) atoms. The molecule has 0 unspecified atom stereocenters. The maximum absolute atomic E-state index is 2.41. The van der Waals surface area contributed by atoms with Crippen molar-refractivity contribution < 1.29 is 43.1 Å². The van der Waals surface area contributed by atoms with Crippen molar-refractivity contribution in [2.45, 2.75) is 52.6 Å². The molecule has 0 N–H and O–H groups in total. The summed E-state index contributed by atoms with van der Waals surface area (Å²) in [6.45, 7) is 6.58. The minimum Gasteiger partial charge on any atom is -1.00 e. The van der Waals surface area contributed by atoms with Crippen LogP contribution in [0.1, 0.15) is 36.8 Å². The average Bonchev–Trinajstić information content (AvgIpc) is 2.74. The summed E-state index contributed by atoms with van der Waals surface area (Å²) in [4.78, 5) is 0. The van der Waals surface area contributed by atoms with Crippen molar-refractivity contribution in [3.05, 3.63) is 84.2 Å². The summed E-state index contributed by atoms with van der Waals surface area (Å²) in [7, 11) is 0. The molecule has 0 saturated carbocycles. The summed E-state index contributed by atoms with van der Waals surface area (Å²) in [6, 6.07) is 21.9. The molecule has 2 aromatic heterocycles. The molecule has 2 nitrogen and oxygen atoms in total. The first-order valence-electron chi connectivity index (χ1n) is 10.5. The van der Waals surface area contributed by atoms with Crippen LogP contribution in [0.25, 0.3) is 21.8 Å². The van der Waals surface area contributed by atoms with Crippen molar-refractivity contribution in [2.24, 2.45) is 0 Å². The predicted molar refractivity (Wildman–Crippen MR) is 116 cm³/mol. The second-order valence-electron chi connectivity index (χ2n) is 7.83. The van der Waals surface area contributed by atoms with Crippen LogP contribution in [0.2, 0.25) is 0 Å². The van der Waals surface area contributed by atoms with Crippen LogP contribution in [0.15, 0.2) is 73.1 Å². The van der Waals surface area contributed by atoms with Crippen LogP contribution in [0.4, 0.5) is 0 Å². The Bertz CT molecular complexity index is 1020. The van der Waals surface area contributed by atoms with Crippen LogP contribution in [0.3, 0.4) is 0 Å². The number of nitrogens with zero attached hydrogens (tertiary/aromatic N) is 2. The highest BCUT2D eigenvalue weighted by Gasteiger charge is 2.11. The zero-order valence-corrected chi connectivity index (χ0v) is 21.0. The number of halogens is 2. The monoisotopic (exact) mass is 528 g/mol. The Kier molecular flexibility index (Phi) is 9.44. The fourth-order valence-corrected chi connectivity index (χ4v) is 4.17. The quantitative estimate of drug-likeness (QED) is 0.224. The van der Waals surface area contributed by atoms with Crippen molar-refractivity contribution >= 4 is 21.8 Å². The minimum atomic E-state index is 0. The largest absolute Gasteiger partial charge is 1.00 e. The topological polar surface area (TPSA) is 7.76 Å². The molecule has 4 aromatic rings. The third kappa shape index (κ3) is 5.47. The molecule has 0 atom stereocenters. The third-order valence-electron chi connectivity index (χ3n) is 5.83. The van der Waals surface area contributed by atoms with E-state index < -0.39 is 0 Å². The number of aromatic nitrogens is 2. The number of hydrogen-bond donors (Lipinski definition) is 0. The molecular formula is C26H30Br2N2. The molecule has 0 aliphatic carbocycles. The maximum atomic E-state index is 2.41. The van der Waals surface area contributed by atoms with Gasteiger partial charge in [0.25, 0.3) is 0 Å². The Morgan fingerprint density at radius 1 is 0.533 bits per heavy atom. The summed E-state index contributed by atoms with van der Waals surface area (Å²) in [5.41, 5.74) is 5.41. The molecular weight excluding hydrogens is 500 g/mol. The van der Waals surface area contributed by atoms with Crippen LogP contribution in [-0.4, -0.2) is 0 Å². The van der Waals surface area contributed by atoms with E-state index in [4.69, 9.17) is 0 Å². The molecule has 0 fully saturated rings. The van der Waals surface area contributed by atoms with Crippen LogP contribution >= 0.6 is 0 Å². The van der Waals surface area contributed by atoms with E-state index in [1.54, 1.807) is 0 Å². The van der Waals surface area contributed by atoms with Gasteiger partial charge in [0.15, 0.2) is 12.4 Å². The SMILES string of the molecule is Cc1cc[n+](CCCCCC[n+]2ccc(C)c3ccccc32)c2ccccc12.[Br-].[Br-]. The molecule has 2 heterocycles. The number of unbranched alkanes of at least 4 members (excludes halogenated alkanes) is 3. The van der Waals surface area contributed by atoms with Gasteiger partial charge in [-0.05, 0) is 49.9 Å². The molecule has 0 spiro atoms. The van der Waals surface area contributed by atoms with Crippen molar-refractivity contribution in [3.63, 3.8) is 0 Å². The van der Waals surface area contributed by atoms with Gasteiger partial charge in [-0.1, -0.05) is 24.3 Å². The molecule has 158 valence electrons. The second kappa shape index (κ2) is 11.6. The van der Waals surface area contributed by atoms with Crippen LogP contribution in [-0.2, 0) is 13.1 Å². The zero-order chi connectivity index (χ0) is 19.3. The van der Waals surface area contributed by atoms with E-state index >= 15 is 0 Å². The number of benzene rings is 2. The van der Waals surface area contributed by atoms with E-state index in [-0.39, 0.29) is 34.0 Å². The van der Waals surface area contributed by atoms with Gasteiger partial charge in [0.1, 0.15) is 13.1 Å². The van der Waals surface area contributed by atoms with E-state index in [0.717, 1.165) is 13.1 Å². The molecule has 0 aliphatic rings. The van der Waals surface area contributed by atoms with E-state index in [2.05, 4.69) is 96.0 Å². The number of aryl methyl sites for hydroxylation is 4. The van der Waals surface area contributed by atoms with Crippen molar-refractivity contribution in [3.8, 4) is 0 Å². The number of fused-ring (bicyclic) bond motifs is 2. The van der Waals surface area contributed by atoms with Gasteiger partial charge in [0.2, 0.25) is 11.0 Å². The predicted octanol–water partition coefficient (Wildman–Crippen LogP) is -0.547. The summed E-state index contributed by atoms with van der Waals surface area (Å²) in [5, 5.41) is 2.74. The van der Waals surface area contributed by atoms with Gasteiger partial charge in [-0.3, -0.25) is 0 Å². The lowest BCUT2D eigenvalue weighted by molar-refractivity contribution is -0.673. The highest BCUT2D eigenvalue weighted by atomic mass is 79.9. The van der Waals surface area contributed by atoms with Crippen LogP contribution in [0, 0.1) is 13.8 Å². The first-order chi connectivity index (χ1) is 13.7. The van der Waals surface area contributed by atoms with E-state index in [9.17, 15) is 0 Å². The zero-order valence-electron chi connectivity index (χ0n) is 17.8. The molecule has 0 saturated heterocycles. The van der Waals surface area contributed by atoms with Gasteiger partial charge < -0.3 is 34.0 Å². The van der Waals surface area contributed by atoms with Gasteiger partial charge in [0, 0.05) is 47.9 Å². The number of para-hydroxylation sites is 2. The molecule has 2 aromatic carbocycles. The van der Waals surface area contributed by atoms with Gasteiger partial charge in [-0.2, -0.15) is 9.13 Å². The molecule has 4 heteroatoms. The van der Waals surface area contributed by atoms with Gasteiger partial charge in [-0.25, -0.2) is 0 Å². The standard InChI is InChI=1S/C26H30N2.2BrH/c1-21-15-19-27(25-13-7-5-11-23(21)25)17-9-3-4-10-18-28-20-16-22(2)24-12-6-8-14-26(24)28;;/h5-8,11-16,19-20H,3-4,9-10,17-18H2,1-2H3;2*1H/q+2;;/p-2. The van der Waals surface area contributed by atoms with Gasteiger partial charge in [-0.15, -0.1) is 0 Å². The van der Waals surface area contributed by atoms with Gasteiger partial charge >= 0.3 is 0 Å². The highest BCUT2D eigenvalue weighted by Crippen LogP contribution is 2.15. The lowest BCUT2D eigenvalue weighted by Crippen LogP contribution is -3.00. The highest BCUT2D eigenvalue weighted by molar-refractivity contribution is 5.79. The second-order valence-corrected chi connectivity index (χ2v) is 7.83. The van der Waals surface area contributed by atoms with Crippen LogP contribution in [0.5, 0.6) is 0 Å². The fourth-order valence-electron chi connectivity index (χ4n) is 4.17. The lowest BCUT2D eigenvalue weighted by atomic mass is 10.1. The molecule has 0 amide bonds. The van der Waals surface area contributed by atoms with Crippen molar-refractivity contribution in [1.29, 1.82) is 0 Å². The lowest BCUT2D eigenvalue weighted by Gasteiger charge is -2.05. The van der Waals surface area contributed by atoms with Crippen LogP contribution < -0.4 is 43.1 Å². The number of pyridine rings is 2. The smallest absolute Gasteiger partial charge is 0.212 e. The van der Waals surface area contributed by atoms with Crippen molar-refractivity contribution in [1.82, 2.24) is 0 Å². The van der Waals surface area contributed by atoms with Crippen molar-refractivity contribution in [2.75, 3.05) is 0 Å². The maximum Gasteiger partial charge on any atom is 0.212 e. The first-order valence-corrected chi connectivity index (χ1v) is 10.5. The first kappa shape index (κ1) is 24.5. The average molecular weight is 530 g/mol. The molecule has 0 aliphatic heterocycles. The van der Waals surface area contributed by atoms with E-state index in [1.165, 1.54) is 58.6 Å². The number of hydrogen-bond acceptors (Lipinski definition) is 0. The van der Waals surface area contributed by atoms with E-state index in [1.807, 2.05) is 0 Å². The Balaban J connectivity index is 0.00000160. The Hall–Kier alpha value is -1.78. The number of rotatable bonds is 7. The minimum absolute atomic E-state index is 0. The third-order valence-corrected chi connectivity index (χ3v) is 5.83. The van der Waals surface area contributed by atoms with Gasteiger partial charge in [0.05, 0.1) is 0 Å². The summed E-state index contributed by atoms with van der Waals surface area (Å²) in [6.07, 6.45) is 9.51. The Labute approximate surface area is 201 Å². The molecule has 0 bridgehead atoms. The molecule has 0 radical (unpaired) electrons. The molecule has 4 rings (SSSR count). The Morgan fingerprint density at radius 3 is 1.37 bits per heavy atom. The fraction of sp³-hybridized carbons (Fsp3) is 0.308. The summed E-state index contributed by atoms with van der Waals surface area (Å²) in [5.74, 6) is 0. The van der Waals surface area contributed by atoms with E-state index in [0.29, 0.717) is 0 Å². The Morgan fingerprint density at radius 2 is 0.933 bits per heavy atom. The summed E-state index contributed by atoms with van der Waals surface area (Å²) >= 11 is 0.